The van der Waals surface area contributed by atoms with Crippen molar-refractivity contribution >= 4 is 23.9 Å². The van der Waals surface area contributed by atoms with E-state index in [2.05, 4.69) is 15.3 Å². The second-order valence-electron chi connectivity index (χ2n) is 8.03. The number of amides is 1. The van der Waals surface area contributed by atoms with Crippen molar-refractivity contribution in [1.82, 2.24) is 19.4 Å². The second kappa shape index (κ2) is 8.45. The van der Waals surface area contributed by atoms with Gasteiger partial charge in [0, 0.05) is 12.1 Å². The number of imidazole rings is 1. The number of pyridine rings is 1. The molecule has 1 amide bonds. The average molecular weight is 447 g/mol. The minimum Gasteiger partial charge on any atom is -0.485 e. The van der Waals surface area contributed by atoms with Gasteiger partial charge in [-0.25, -0.2) is 14.4 Å². The van der Waals surface area contributed by atoms with E-state index in [0.29, 0.717) is 17.1 Å². The fourth-order valence-electron chi connectivity index (χ4n) is 4.31. The monoisotopic (exact) mass is 447 g/mol. The number of rotatable bonds is 5. The molecule has 3 aromatic rings. The van der Waals surface area contributed by atoms with Crippen LogP contribution in [0.5, 0.6) is 5.75 Å². The van der Waals surface area contributed by atoms with Crippen LogP contribution in [0.3, 0.4) is 0 Å². The molecule has 3 heterocycles. The van der Waals surface area contributed by atoms with Crippen molar-refractivity contribution in [1.29, 1.82) is 10.8 Å². The zero-order valence-corrected chi connectivity index (χ0v) is 17.7. The molecule has 168 valence electrons. The highest BCUT2D eigenvalue weighted by Gasteiger charge is 2.26. The summed E-state index contributed by atoms with van der Waals surface area (Å²) >= 11 is 0. The van der Waals surface area contributed by atoms with Gasteiger partial charge in [-0.3, -0.25) is 20.2 Å². The van der Waals surface area contributed by atoms with Crippen molar-refractivity contribution in [3.05, 3.63) is 65.6 Å². The number of anilines is 1. The molecule has 1 aromatic carbocycles. The first-order valence-electron chi connectivity index (χ1n) is 10.7. The lowest BCUT2D eigenvalue weighted by Crippen LogP contribution is -2.38. The Morgan fingerprint density at radius 1 is 1.30 bits per heavy atom. The standard InChI is InChI=1S/C23H22FN7O2/c24-17-9-20-19(31-13-27-10-15(31)11-33-20)8-16(17)23(32)29-21-7-3-6-18(28-21)22(26)30(12-25)14-4-1-2-5-14/h3,6-10,12-14,25-26H,1-2,4-5,11H2,(H,28,29,32). The van der Waals surface area contributed by atoms with E-state index in [4.69, 9.17) is 15.6 Å². The highest BCUT2D eigenvalue weighted by Crippen LogP contribution is 2.32. The summed E-state index contributed by atoms with van der Waals surface area (Å²) in [4.78, 5) is 22.9. The molecule has 3 N–H and O–H groups in total. The van der Waals surface area contributed by atoms with E-state index in [1.54, 1.807) is 40.2 Å². The number of hydrogen-bond acceptors (Lipinski definition) is 6. The Morgan fingerprint density at radius 2 is 2.12 bits per heavy atom. The quantitative estimate of drug-likeness (QED) is 0.407. The van der Waals surface area contributed by atoms with Gasteiger partial charge in [0.25, 0.3) is 5.91 Å². The van der Waals surface area contributed by atoms with Gasteiger partial charge < -0.3 is 15.0 Å². The third-order valence-electron chi connectivity index (χ3n) is 5.99. The fourth-order valence-corrected chi connectivity index (χ4v) is 4.31. The van der Waals surface area contributed by atoms with E-state index in [9.17, 15) is 9.18 Å². The third-order valence-corrected chi connectivity index (χ3v) is 5.99. The number of benzene rings is 1. The molecule has 1 aliphatic heterocycles. The van der Waals surface area contributed by atoms with Gasteiger partial charge >= 0.3 is 0 Å². The zero-order valence-electron chi connectivity index (χ0n) is 17.7. The lowest BCUT2D eigenvalue weighted by atomic mass is 10.1. The van der Waals surface area contributed by atoms with Crippen LogP contribution >= 0.6 is 0 Å². The van der Waals surface area contributed by atoms with Crippen LogP contribution < -0.4 is 10.1 Å². The Morgan fingerprint density at radius 3 is 2.91 bits per heavy atom. The number of halogens is 1. The number of nitrogens with one attached hydrogen (secondary N) is 3. The summed E-state index contributed by atoms with van der Waals surface area (Å²) in [7, 11) is 0. The molecule has 0 spiro atoms. The minimum absolute atomic E-state index is 0.0951. The first-order chi connectivity index (χ1) is 16.0. The summed E-state index contributed by atoms with van der Waals surface area (Å²) in [5.74, 6) is -0.761. The maximum Gasteiger partial charge on any atom is 0.259 e. The fraction of sp³-hybridized carbons (Fsp3) is 0.261. The molecule has 2 aliphatic rings. The maximum absolute atomic E-state index is 14.7. The van der Waals surface area contributed by atoms with Gasteiger partial charge in [-0.15, -0.1) is 0 Å². The molecule has 0 unspecified atom stereocenters. The molecule has 9 nitrogen and oxygen atoms in total. The second-order valence-corrected chi connectivity index (χ2v) is 8.03. The molecule has 0 saturated heterocycles. The summed E-state index contributed by atoms with van der Waals surface area (Å²) in [6, 6.07) is 7.62. The van der Waals surface area contributed by atoms with Crippen molar-refractivity contribution in [3.63, 3.8) is 0 Å². The van der Waals surface area contributed by atoms with Crippen LogP contribution in [0.25, 0.3) is 5.69 Å². The predicted molar refractivity (Wildman–Crippen MR) is 120 cm³/mol. The largest absolute Gasteiger partial charge is 0.485 e. The summed E-state index contributed by atoms with van der Waals surface area (Å²) in [5, 5.41) is 18.8. The highest BCUT2D eigenvalue weighted by molar-refractivity contribution is 6.05. The summed E-state index contributed by atoms with van der Waals surface area (Å²) < 4.78 is 22.0. The van der Waals surface area contributed by atoms with Crippen LogP contribution in [0, 0.1) is 16.6 Å². The van der Waals surface area contributed by atoms with Crippen LogP contribution in [-0.4, -0.2) is 43.6 Å². The molecule has 5 rings (SSSR count). The topological polar surface area (TPSA) is 120 Å². The Hall–Kier alpha value is -4.08. The number of carbonyl (C=O) groups excluding carboxylic acids is 1. The van der Waals surface area contributed by atoms with Gasteiger partial charge in [-0.1, -0.05) is 18.9 Å². The predicted octanol–water partition coefficient (Wildman–Crippen LogP) is 3.73. The van der Waals surface area contributed by atoms with Crippen molar-refractivity contribution in [2.24, 2.45) is 0 Å². The van der Waals surface area contributed by atoms with E-state index >= 15 is 0 Å². The van der Waals surface area contributed by atoms with Crippen LogP contribution in [0.4, 0.5) is 10.2 Å². The Labute approximate surface area is 189 Å². The first-order valence-corrected chi connectivity index (χ1v) is 10.7. The Kier molecular flexibility index (Phi) is 5.33. The molecule has 10 heteroatoms. The van der Waals surface area contributed by atoms with E-state index in [1.807, 2.05) is 0 Å². The van der Waals surface area contributed by atoms with Gasteiger partial charge in [0.1, 0.15) is 29.7 Å². The Bertz CT molecular complexity index is 1250. The molecule has 2 aromatic heterocycles. The van der Waals surface area contributed by atoms with Crippen molar-refractivity contribution in [2.75, 3.05) is 5.32 Å². The van der Waals surface area contributed by atoms with Crippen LogP contribution in [0.2, 0.25) is 0 Å². The van der Waals surface area contributed by atoms with Gasteiger partial charge in [0.2, 0.25) is 0 Å². The number of nitrogens with zero attached hydrogens (tertiary/aromatic N) is 4. The van der Waals surface area contributed by atoms with E-state index < -0.39 is 11.7 Å². The third kappa shape index (κ3) is 3.84. The number of carbonyl (C=O) groups is 1. The number of ether oxygens (including phenoxy) is 1. The molecular weight excluding hydrogens is 425 g/mol. The number of fused-ring (bicyclic) bond motifs is 3. The average Bonchev–Trinajstić information content (AvgIpc) is 3.51. The van der Waals surface area contributed by atoms with Crippen molar-refractivity contribution < 1.29 is 13.9 Å². The maximum atomic E-state index is 14.7. The summed E-state index contributed by atoms with van der Waals surface area (Å²) in [5.41, 5.74) is 1.49. The summed E-state index contributed by atoms with van der Waals surface area (Å²) in [6.07, 6.45) is 8.39. The van der Waals surface area contributed by atoms with Crippen molar-refractivity contribution in [3.8, 4) is 11.4 Å². The van der Waals surface area contributed by atoms with E-state index in [0.717, 1.165) is 37.7 Å². The lowest BCUT2D eigenvalue weighted by molar-refractivity contribution is 0.102. The molecule has 33 heavy (non-hydrogen) atoms. The van der Waals surface area contributed by atoms with E-state index in [1.165, 1.54) is 12.1 Å². The van der Waals surface area contributed by atoms with Crippen LogP contribution in [0.15, 0.2) is 42.9 Å². The molecule has 1 aliphatic carbocycles. The molecular formula is C23H22FN7O2. The summed E-state index contributed by atoms with van der Waals surface area (Å²) in [6.45, 7) is 0.272. The van der Waals surface area contributed by atoms with Gasteiger partial charge in [0.15, 0.2) is 5.84 Å². The van der Waals surface area contributed by atoms with E-state index in [-0.39, 0.29) is 29.9 Å². The molecule has 1 saturated carbocycles. The molecule has 1 fully saturated rings. The molecule has 0 radical (unpaired) electrons. The SMILES string of the molecule is N=CN(C(=N)c1cccc(NC(=O)c2cc3c(cc2F)OCc2cncn2-3)n1)C1CCCC1. The zero-order chi connectivity index (χ0) is 22.9. The number of amidine groups is 1. The number of hydrogen-bond donors (Lipinski definition) is 3. The minimum atomic E-state index is -0.713. The molecule has 0 bridgehead atoms. The van der Waals surface area contributed by atoms with Gasteiger partial charge in [-0.05, 0) is 31.0 Å². The highest BCUT2D eigenvalue weighted by atomic mass is 19.1. The van der Waals surface area contributed by atoms with Gasteiger partial charge in [0.05, 0.1) is 35.8 Å². The normalized spacial score (nSPS) is 14.7. The Balaban J connectivity index is 1.38. The first kappa shape index (κ1) is 20.8. The number of aromatic nitrogens is 3. The van der Waals surface area contributed by atoms with Crippen LogP contribution in [-0.2, 0) is 6.61 Å². The lowest BCUT2D eigenvalue weighted by Gasteiger charge is -2.26. The van der Waals surface area contributed by atoms with Crippen LogP contribution in [0.1, 0.15) is 47.4 Å². The molecule has 0 atom stereocenters. The smallest absolute Gasteiger partial charge is 0.259 e. The van der Waals surface area contributed by atoms with Crippen molar-refractivity contribution in [2.45, 2.75) is 38.3 Å². The van der Waals surface area contributed by atoms with Gasteiger partial charge in [-0.2, -0.15) is 0 Å².